The number of anilines is 1. The van der Waals surface area contributed by atoms with Gasteiger partial charge in [-0.05, 0) is 18.6 Å². The van der Waals surface area contributed by atoms with Crippen LogP contribution in [0.1, 0.15) is 6.42 Å². The van der Waals surface area contributed by atoms with E-state index in [1.807, 2.05) is 0 Å². The molecule has 0 aliphatic rings. The van der Waals surface area contributed by atoms with Crippen molar-refractivity contribution in [1.29, 1.82) is 0 Å². The summed E-state index contributed by atoms with van der Waals surface area (Å²) < 4.78 is 5.00. The molecular weight excluding hydrogens is 268 g/mol. The fraction of sp³-hybridized carbons (Fsp3) is 0.462. The van der Waals surface area contributed by atoms with E-state index >= 15 is 0 Å². The van der Waals surface area contributed by atoms with Crippen LogP contribution in [0.4, 0.5) is 5.69 Å². The van der Waals surface area contributed by atoms with Gasteiger partial charge in [-0.2, -0.15) is 0 Å². The van der Waals surface area contributed by atoms with Gasteiger partial charge in [0.25, 0.3) is 0 Å². The number of aliphatic hydroxyl groups excluding tert-OH is 1. The van der Waals surface area contributed by atoms with Crippen LogP contribution in [0.15, 0.2) is 24.3 Å². The molecule has 1 aromatic rings. The summed E-state index contributed by atoms with van der Waals surface area (Å²) in [5.41, 5.74) is 0.585. The van der Waals surface area contributed by atoms with Gasteiger partial charge < -0.3 is 20.5 Å². The third kappa shape index (κ3) is 6.02. The number of carbonyl (C=O) groups is 1. The molecule has 5 nitrogen and oxygen atoms in total. The fourth-order valence-corrected chi connectivity index (χ4v) is 1.78. The number of rotatable bonds is 8. The molecule has 0 bridgehead atoms. The van der Waals surface area contributed by atoms with Crippen LogP contribution in [0.5, 0.6) is 0 Å². The first kappa shape index (κ1) is 15.9. The normalized spacial score (nSPS) is 12.2. The zero-order valence-electron chi connectivity index (χ0n) is 10.9. The molecule has 1 aromatic carbocycles. The molecule has 0 saturated carbocycles. The number of nitrogens with one attached hydrogen (secondary N) is 2. The van der Waals surface area contributed by atoms with Crippen molar-refractivity contribution >= 4 is 23.2 Å². The molecule has 0 aromatic heterocycles. The van der Waals surface area contributed by atoms with Crippen LogP contribution in [0.3, 0.4) is 0 Å². The molecule has 19 heavy (non-hydrogen) atoms. The van der Waals surface area contributed by atoms with Gasteiger partial charge in [0, 0.05) is 19.8 Å². The zero-order valence-corrected chi connectivity index (χ0v) is 11.6. The van der Waals surface area contributed by atoms with E-state index in [1.54, 1.807) is 31.4 Å². The van der Waals surface area contributed by atoms with Crippen LogP contribution in [-0.2, 0) is 9.53 Å². The summed E-state index contributed by atoms with van der Waals surface area (Å²) >= 11 is 5.94. The molecule has 1 unspecified atom stereocenters. The van der Waals surface area contributed by atoms with Crippen LogP contribution in [0, 0.1) is 0 Å². The van der Waals surface area contributed by atoms with E-state index in [1.165, 1.54) is 0 Å². The minimum atomic E-state index is -0.188. The number of para-hydroxylation sites is 1. The van der Waals surface area contributed by atoms with Gasteiger partial charge in [0.1, 0.15) is 0 Å². The molecule has 1 amide bonds. The van der Waals surface area contributed by atoms with E-state index in [2.05, 4.69) is 10.6 Å². The Hall–Kier alpha value is -1.14. The monoisotopic (exact) mass is 286 g/mol. The third-order valence-corrected chi connectivity index (χ3v) is 2.87. The Kier molecular flexibility index (Phi) is 7.43. The maximum atomic E-state index is 11.7. The fourth-order valence-electron chi connectivity index (χ4n) is 1.60. The lowest BCUT2D eigenvalue weighted by Gasteiger charge is -2.16. The lowest BCUT2D eigenvalue weighted by molar-refractivity contribution is -0.115. The molecule has 106 valence electrons. The summed E-state index contributed by atoms with van der Waals surface area (Å²) in [7, 11) is 1.58. The van der Waals surface area contributed by atoms with Crippen molar-refractivity contribution in [3.63, 3.8) is 0 Å². The second kappa shape index (κ2) is 8.87. The Labute approximate surface area is 117 Å². The molecular formula is C13H19ClN2O3. The van der Waals surface area contributed by atoms with Gasteiger partial charge in [-0.25, -0.2) is 0 Å². The first-order chi connectivity index (χ1) is 9.17. The molecule has 0 spiro atoms. The second-order valence-electron chi connectivity index (χ2n) is 4.07. The Morgan fingerprint density at radius 3 is 2.84 bits per heavy atom. The number of carbonyl (C=O) groups excluding carboxylic acids is 1. The molecule has 0 saturated heterocycles. The topological polar surface area (TPSA) is 70.6 Å². The Morgan fingerprint density at radius 2 is 2.21 bits per heavy atom. The van der Waals surface area contributed by atoms with Crippen molar-refractivity contribution in [2.24, 2.45) is 0 Å². The Bertz CT molecular complexity index is 395. The molecule has 0 aliphatic carbocycles. The van der Waals surface area contributed by atoms with Crippen LogP contribution in [0.2, 0.25) is 5.02 Å². The third-order valence-electron chi connectivity index (χ3n) is 2.54. The highest BCUT2D eigenvalue weighted by Crippen LogP contribution is 2.19. The molecule has 0 aliphatic heterocycles. The van der Waals surface area contributed by atoms with E-state index in [0.717, 1.165) is 0 Å². The summed E-state index contributed by atoms with van der Waals surface area (Å²) in [6.07, 6.45) is 0.535. The largest absolute Gasteiger partial charge is 0.396 e. The van der Waals surface area contributed by atoms with Crippen LogP contribution in [0.25, 0.3) is 0 Å². The maximum absolute atomic E-state index is 11.7. The highest BCUT2D eigenvalue weighted by molar-refractivity contribution is 6.33. The minimum absolute atomic E-state index is 0.0488. The van der Waals surface area contributed by atoms with Crippen LogP contribution in [-0.4, -0.2) is 43.9 Å². The average Bonchev–Trinajstić information content (AvgIpc) is 2.39. The summed E-state index contributed by atoms with van der Waals surface area (Å²) in [5.74, 6) is -0.188. The SMILES string of the molecule is COCC(CCO)NCC(=O)Nc1ccccc1Cl. The van der Waals surface area contributed by atoms with Gasteiger partial charge in [-0.3, -0.25) is 4.79 Å². The van der Waals surface area contributed by atoms with Gasteiger partial charge in [0.05, 0.1) is 23.9 Å². The minimum Gasteiger partial charge on any atom is -0.396 e. The average molecular weight is 287 g/mol. The van der Waals surface area contributed by atoms with Gasteiger partial charge in [0.15, 0.2) is 0 Å². The molecule has 0 radical (unpaired) electrons. The first-order valence-corrected chi connectivity index (χ1v) is 6.42. The first-order valence-electron chi connectivity index (χ1n) is 6.05. The summed E-state index contributed by atoms with van der Waals surface area (Å²) in [6, 6.07) is 7.00. The van der Waals surface area contributed by atoms with Gasteiger partial charge in [0.2, 0.25) is 5.91 Å². The van der Waals surface area contributed by atoms with Gasteiger partial charge in [-0.1, -0.05) is 23.7 Å². The maximum Gasteiger partial charge on any atom is 0.238 e. The van der Waals surface area contributed by atoms with Crippen molar-refractivity contribution in [2.45, 2.75) is 12.5 Å². The highest BCUT2D eigenvalue weighted by atomic mass is 35.5. The number of amides is 1. The number of ether oxygens (including phenoxy) is 1. The van der Waals surface area contributed by atoms with E-state index in [4.69, 9.17) is 21.4 Å². The van der Waals surface area contributed by atoms with Crippen molar-refractivity contribution in [3.8, 4) is 0 Å². The number of benzene rings is 1. The number of aliphatic hydroxyl groups is 1. The van der Waals surface area contributed by atoms with Gasteiger partial charge in [-0.15, -0.1) is 0 Å². The predicted molar refractivity (Wildman–Crippen MR) is 75.5 cm³/mol. The molecule has 1 rings (SSSR count). The van der Waals surface area contributed by atoms with Gasteiger partial charge >= 0.3 is 0 Å². The summed E-state index contributed by atoms with van der Waals surface area (Å²) in [5, 5.41) is 15.1. The number of hydrogen-bond acceptors (Lipinski definition) is 4. The van der Waals surface area contributed by atoms with Crippen molar-refractivity contribution < 1.29 is 14.6 Å². The zero-order chi connectivity index (χ0) is 14.1. The van der Waals surface area contributed by atoms with E-state index in [-0.39, 0.29) is 25.1 Å². The quantitative estimate of drug-likeness (QED) is 0.673. The van der Waals surface area contributed by atoms with Crippen LogP contribution >= 0.6 is 11.6 Å². The number of methoxy groups -OCH3 is 1. The summed E-state index contributed by atoms with van der Waals surface area (Å²) in [4.78, 5) is 11.7. The van der Waals surface area contributed by atoms with Crippen molar-refractivity contribution in [3.05, 3.63) is 29.3 Å². The van der Waals surface area contributed by atoms with Crippen LogP contribution < -0.4 is 10.6 Å². The number of hydrogen-bond donors (Lipinski definition) is 3. The smallest absolute Gasteiger partial charge is 0.238 e. The van der Waals surface area contributed by atoms with E-state index < -0.39 is 0 Å². The standard InChI is InChI=1S/C13H19ClN2O3/c1-19-9-10(6-7-17)15-8-13(18)16-12-5-3-2-4-11(12)14/h2-5,10,15,17H,6-9H2,1H3,(H,16,18). The van der Waals surface area contributed by atoms with Crippen molar-refractivity contribution in [1.82, 2.24) is 5.32 Å². The molecule has 6 heteroatoms. The molecule has 0 fully saturated rings. The predicted octanol–water partition coefficient (Wildman–Crippen LogP) is 1.27. The second-order valence-corrected chi connectivity index (χ2v) is 4.48. The molecule has 3 N–H and O–H groups in total. The lowest BCUT2D eigenvalue weighted by atomic mass is 10.2. The lowest BCUT2D eigenvalue weighted by Crippen LogP contribution is -2.39. The number of halogens is 1. The molecule has 0 heterocycles. The van der Waals surface area contributed by atoms with Crippen molar-refractivity contribution in [2.75, 3.05) is 32.2 Å². The highest BCUT2D eigenvalue weighted by Gasteiger charge is 2.10. The molecule has 1 atom stereocenters. The Balaban J connectivity index is 2.40. The van der Waals surface area contributed by atoms with E-state index in [9.17, 15) is 4.79 Å². The Morgan fingerprint density at radius 1 is 1.47 bits per heavy atom. The summed E-state index contributed by atoms with van der Waals surface area (Å²) in [6.45, 7) is 0.631. The van der Waals surface area contributed by atoms with E-state index in [0.29, 0.717) is 23.7 Å².